The molecule has 0 fully saturated rings. The fourth-order valence-electron chi connectivity index (χ4n) is 2.10. The van der Waals surface area contributed by atoms with E-state index in [1.807, 2.05) is 18.3 Å². The van der Waals surface area contributed by atoms with Crippen LogP contribution in [0.5, 0.6) is 0 Å². The molecule has 0 aliphatic heterocycles. The van der Waals surface area contributed by atoms with Crippen molar-refractivity contribution in [2.24, 2.45) is 4.99 Å². The summed E-state index contributed by atoms with van der Waals surface area (Å²) in [7, 11) is 0. The van der Waals surface area contributed by atoms with E-state index in [2.05, 4.69) is 53.5 Å². The second-order valence-corrected chi connectivity index (χ2v) is 7.55. The molecule has 0 atom stereocenters. The van der Waals surface area contributed by atoms with Gasteiger partial charge in [0.1, 0.15) is 0 Å². The van der Waals surface area contributed by atoms with Crippen LogP contribution in [0.3, 0.4) is 0 Å². The monoisotopic (exact) mass is 336 g/mol. The Morgan fingerprint density at radius 3 is 2.50 bits per heavy atom. The number of hydrogen-bond acceptors (Lipinski definition) is 4. The van der Waals surface area contributed by atoms with Crippen LogP contribution in [0.1, 0.15) is 39.2 Å². The third-order valence-corrected chi connectivity index (χ3v) is 5.51. The number of nitrogens with one attached hydrogen (secondary N) is 2. The van der Waals surface area contributed by atoms with Gasteiger partial charge in [0.05, 0.1) is 23.8 Å². The maximum absolute atomic E-state index is 4.67. The molecule has 0 aromatic carbocycles. The zero-order chi connectivity index (χ0) is 15.9. The van der Waals surface area contributed by atoms with Gasteiger partial charge in [0.2, 0.25) is 0 Å². The summed E-state index contributed by atoms with van der Waals surface area (Å²) in [4.78, 5) is 13.1. The van der Waals surface area contributed by atoms with Gasteiger partial charge in [-0.15, -0.1) is 22.7 Å². The maximum Gasteiger partial charge on any atom is 0.191 e. The first-order valence-electron chi connectivity index (χ1n) is 7.65. The molecular weight excluding hydrogens is 312 g/mol. The van der Waals surface area contributed by atoms with E-state index < -0.39 is 0 Å². The van der Waals surface area contributed by atoms with Crippen molar-refractivity contribution >= 4 is 28.6 Å². The van der Waals surface area contributed by atoms with E-state index in [1.165, 1.54) is 14.6 Å². The first-order valence-corrected chi connectivity index (χ1v) is 9.28. The van der Waals surface area contributed by atoms with Crippen LogP contribution in [0.25, 0.3) is 0 Å². The van der Waals surface area contributed by atoms with Crippen LogP contribution in [0, 0.1) is 13.8 Å². The highest BCUT2D eigenvalue weighted by molar-refractivity contribution is 7.12. The minimum Gasteiger partial charge on any atom is -0.357 e. The first-order chi connectivity index (χ1) is 10.6. The molecule has 0 aliphatic rings. The molecule has 4 nitrogen and oxygen atoms in total. The normalized spacial score (nSPS) is 11.7. The highest BCUT2D eigenvalue weighted by Gasteiger charge is 2.06. The van der Waals surface area contributed by atoms with Crippen molar-refractivity contribution in [3.8, 4) is 0 Å². The van der Waals surface area contributed by atoms with Gasteiger partial charge in [0.25, 0.3) is 0 Å². The maximum atomic E-state index is 4.67. The smallest absolute Gasteiger partial charge is 0.191 e. The van der Waals surface area contributed by atoms with Gasteiger partial charge in [-0.2, -0.15) is 0 Å². The molecule has 0 amide bonds. The zero-order valence-electron chi connectivity index (χ0n) is 13.7. The Kier molecular flexibility index (Phi) is 6.39. The number of aromatic nitrogens is 1. The summed E-state index contributed by atoms with van der Waals surface area (Å²) < 4.78 is 0. The highest BCUT2D eigenvalue weighted by Crippen LogP contribution is 2.18. The molecule has 2 rings (SSSR count). The van der Waals surface area contributed by atoms with Crippen LogP contribution in [-0.2, 0) is 19.5 Å². The Morgan fingerprint density at radius 2 is 1.91 bits per heavy atom. The molecule has 0 radical (unpaired) electrons. The van der Waals surface area contributed by atoms with Crippen LogP contribution >= 0.6 is 22.7 Å². The number of thiazole rings is 1. The molecule has 0 unspecified atom stereocenters. The molecule has 0 saturated carbocycles. The number of rotatable bonds is 6. The largest absolute Gasteiger partial charge is 0.357 e. The molecule has 0 saturated heterocycles. The molecule has 6 heteroatoms. The van der Waals surface area contributed by atoms with E-state index in [4.69, 9.17) is 0 Å². The predicted molar refractivity (Wildman–Crippen MR) is 96.9 cm³/mol. The van der Waals surface area contributed by atoms with Gasteiger partial charge < -0.3 is 10.6 Å². The lowest BCUT2D eigenvalue weighted by atomic mass is 10.4. The molecule has 2 aromatic heterocycles. The van der Waals surface area contributed by atoms with Gasteiger partial charge >= 0.3 is 0 Å². The van der Waals surface area contributed by atoms with Crippen LogP contribution < -0.4 is 10.6 Å². The molecule has 0 aliphatic carbocycles. The Bertz CT molecular complexity index is 628. The molecule has 120 valence electrons. The summed E-state index contributed by atoms with van der Waals surface area (Å²) >= 11 is 3.58. The molecule has 2 heterocycles. The Hall–Kier alpha value is -1.40. The van der Waals surface area contributed by atoms with E-state index in [-0.39, 0.29) is 0 Å². The van der Waals surface area contributed by atoms with Gasteiger partial charge in [-0.1, -0.05) is 6.92 Å². The Morgan fingerprint density at radius 1 is 1.14 bits per heavy atom. The van der Waals surface area contributed by atoms with Crippen LogP contribution in [-0.4, -0.2) is 17.5 Å². The SMILES string of the molecule is CCNC(=NCc1ccc(CC)s1)NCc1sc(C)nc1C. The van der Waals surface area contributed by atoms with Crippen molar-refractivity contribution in [3.05, 3.63) is 37.5 Å². The lowest BCUT2D eigenvalue weighted by Gasteiger charge is -2.10. The van der Waals surface area contributed by atoms with Gasteiger partial charge in [-0.25, -0.2) is 9.98 Å². The molecule has 2 N–H and O–H groups in total. The quantitative estimate of drug-likeness (QED) is 0.625. The molecule has 22 heavy (non-hydrogen) atoms. The van der Waals surface area contributed by atoms with E-state index >= 15 is 0 Å². The Balaban J connectivity index is 1.96. The van der Waals surface area contributed by atoms with Gasteiger partial charge in [0.15, 0.2) is 5.96 Å². The van der Waals surface area contributed by atoms with Crippen molar-refractivity contribution in [2.45, 2.75) is 47.2 Å². The molecular formula is C16H24N4S2. The van der Waals surface area contributed by atoms with Crippen molar-refractivity contribution in [3.63, 3.8) is 0 Å². The lowest BCUT2D eigenvalue weighted by Crippen LogP contribution is -2.36. The average molecular weight is 337 g/mol. The van der Waals surface area contributed by atoms with Gasteiger partial charge in [-0.05, 0) is 39.3 Å². The van der Waals surface area contributed by atoms with Crippen molar-refractivity contribution in [1.82, 2.24) is 15.6 Å². The summed E-state index contributed by atoms with van der Waals surface area (Å²) in [5.74, 6) is 0.861. The van der Waals surface area contributed by atoms with Crippen molar-refractivity contribution < 1.29 is 0 Å². The third kappa shape index (κ3) is 4.81. The van der Waals surface area contributed by atoms with E-state index in [9.17, 15) is 0 Å². The number of aryl methyl sites for hydroxylation is 3. The third-order valence-electron chi connectivity index (χ3n) is 3.22. The fraction of sp³-hybridized carbons (Fsp3) is 0.500. The topological polar surface area (TPSA) is 49.3 Å². The van der Waals surface area contributed by atoms with E-state index in [0.29, 0.717) is 0 Å². The molecule has 2 aromatic rings. The molecule has 0 bridgehead atoms. The second kappa shape index (κ2) is 8.29. The minimum atomic E-state index is 0.723. The Labute approximate surface area is 140 Å². The summed E-state index contributed by atoms with van der Waals surface area (Å²) in [6, 6.07) is 4.37. The summed E-state index contributed by atoms with van der Waals surface area (Å²) in [5.41, 5.74) is 1.11. The number of aliphatic imine (C=N–C) groups is 1. The van der Waals surface area contributed by atoms with Gasteiger partial charge in [-0.3, -0.25) is 0 Å². The van der Waals surface area contributed by atoms with Crippen LogP contribution in [0.15, 0.2) is 17.1 Å². The van der Waals surface area contributed by atoms with Crippen molar-refractivity contribution in [2.75, 3.05) is 6.54 Å². The lowest BCUT2D eigenvalue weighted by molar-refractivity contribution is 0.820. The second-order valence-electron chi connectivity index (χ2n) is 5.01. The average Bonchev–Trinajstić information content (AvgIpc) is 3.08. The fourth-order valence-corrected chi connectivity index (χ4v) is 3.86. The van der Waals surface area contributed by atoms with Crippen LogP contribution in [0.2, 0.25) is 0 Å². The van der Waals surface area contributed by atoms with E-state index in [0.717, 1.165) is 42.7 Å². The number of guanidine groups is 1. The zero-order valence-corrected chi connectivity index (χ0v) is 15.3. The van der Waals surface area contributed by atoms with E-state index in [1.54, 1.807) is 11.3 Å². The number of nitrogens with zero attached hydrogens (tertiary/aromatic N) is 2. The predicted octanol–water partition coefficient (Wildman–Crippen LogP) is 3.64. The summed E-state index contributed by atoms with van der Waals surface area (Å²) in [5, 5.41) is 7.81. The summed E-state index contributed by atoms with van der Waals surface area (Å²) in [6.45, 7) is 10.7. The van der Waals surface area contributed by atoms with Gasteiger partial charge in [0, 0.05) is 21.2 Å². The number of hydrogen-bond donors (Lipinski definition) is 2. The van der Waals surface area contributed by atoms with Crippen LogP contribution in [0.4, 0.5) is 0 Å². The number of thiophene rings is 1. The highest BCUT2D eigenvalue weighted by atomic mass is 32.1. The minimum absolute atomic E-state index is 0.723. The standard InChI is InChI=1S/C16H24N4S2/c1-5-13-7-8-14(22-13)9-18-16(17-6-2)19-10-15-11(3)20-12(4)21-15/h7-8H,5-6,9-10H2,1-4H3,(H2,17,18,19). The molecule has 0 spiro atoms. The van der Waals surface area contributed by atoms with Crippen molar-refractivity contribution in [1.29, 1.82) is 0 Å². The first kappa shape index (κ1) is 17.0. The summed E-state index contributed by atoms with van der Waals surface area (Å²) in [6.07, 6.45) is 1.09.